The van der Waals surface area contributed by atoms with Crippen LogP contribution in [0.25, 0.3) is 0 Å². The van der Waals surface area contributed by atoms with Crippen LogP contribution in [0.3, 0.4) is 0 Å². The summed E-state index contributed by atoms with van der Waals surface area (Å²) < 4.78 is 12.9. The van der Waals surface area contributed by atoms with Crippen molar-refractivity contribution in [2.24, 2.45) is 5.73 Å². The fourth-order valence-electron chi connectivity index (χ4n) is 1.51. The maximum absolute atomic E-state index is 12.9. The number of amides is 1. The Morgan fingerprint density at radius 2 is 2.00 bits per heavy atom. The standard InChI is InChI=1S/C13H12FN3O/c14-10-6-11(8-16-7-10)17-13(18)12(15)9-4-2-1-3-5-9/h1-8,12H,15H2,(H,17,18)/t12-/m0/s1. The Bertz CT molecular complexity index is 545. The lowest BCUT2D eigenvalue weighted by Gasteiger charge is -2.12. The number of rotatable bonds is 3. The first-order chi connectivity index (χ1) is 8.66. The zero-order valence-electron chi connectivity index (χ0n) is 9.51. The zero-order chi connectivity index (χ0) is 13.0. The van der Waals surface area contributed by atoms with Gasteiger partial charge >= 0.3 is 0 Å². The maximum Gasteiger partial charge on any atom is 0.245 e. The van der Waals surface area contributed by atoms with Gasteiger partial charge in [-0.2, -0.15) is 0 Å². The van der Waals surface area contributed by atoms with E-state index in [2.05, 4.69) is 10.3 Å². The largest absolute Gasteiger partial charge is 0.323 e. The van der Waals surface area contributed by atoms with Crippen LogP contribution in [-0.4, -0.2) is 10.9 Å². The number of benzene rings is 1. The second-order valence-corrected chi connectivity index (χ2v) is 3.77. The van der Waals surface area contributed by atoms with Gasteiger partial charge in [0, 0.05) is 6.07 Å². The molecule has 5 heteroatoms. The molecule has 2 aromatic rings. The van der Waals surface area contributed by atoms with Gasteiger partial charge < -0.3 is 11.1 Å². The minimum Gasteiger partial charge on any atom is -0.323 e. The SMILES string of the molecule is N[C@H](C(=O)Nc1cncc(F)c1)c1ccccc1. The molecule has 0 aliphatic rings. The van der Waals surface area contributed by atoms with Crippen LogP contribution >= 0.6 is 0 Å². The van der Waals surface area contributed by atoms with Crippen molar-refractivity contribution in [3.05, 3.63) is 60.2 Å². The smallest absolute Gasteiger partial charge is 0.245 e. The van der Waals surface area contributed by atoms with Gasteiger partial charge in [0.1, 0.15) is 11.9 Å². The molecular formula is C13H12FN3O. The topological polar surface area (TPSA) is 68.0 Å². The first-order valence-electron chi connectivity index (χ1n) is 5.39. The number of aromatic nitrogens is 1. The summed E-state index contributed by atoms with van der Waals surface area (Å²) >= 11 is 0. The lowest BCUT2D eigenvalue weighted by Crippen LogP contribution is -2.27. The van der Waals surface area contributed by atoms with E-state index in [1.165, 1.54) is 12.3 Å². The molecule has 0 aliphatic heterocycles. The average molecular weight is 245 g/mol. The van der Waals surface area contributed by atoms with E-state index in [1.807, 2.05) is 6.07 Å². The molecule has 18 heavy (non-hydrogen) atoms. The Morgan fingerprint density at radius 3 is 2.67 bits per heavy atom. The van der Waals surface area contributed by atoms with Crippen molar-refractivity contribution in [2.45, 2.75) is 6.04 Å². The van der Waals surface area contributed by atoms with Gasteiger partial charge in [0.15, 0.2) is 0 Å². The highest BCUT2D eigenvalue weighted by atomic mass is 19.1. The Morgan fingerprint density at radius 1 is 1.28 bits per heavy atom. The number of halogens is 1. The highest BCUT2D eigenvalue weighted by Gasteiger charge is 2.15. The normalized spacial score (nSPS) is 11.9. The number of carbonyl (C=O) groups is 1. The summed E-state index contributed by atoms with van der Waals surface area (Å²) in [6, 6.07) is 9.34. The molecule has 0 unspecified atom stereocenters. The average Bonchev–Trinajstić information content (AvgIpc) is 2.39. The third-order valence-electron chi connectivity index (χ3n) is 2.41. The van der Waals surface area contributed by atoms with E-state index >= 15 is 0 Å². The second kappa shape index (κ2) is 5.37. The Hall–Kier alpha value is -2.27. The summed E-state index contributed by atoms with van der Waals surface area (Å²) in [5.41, 5.74) is 6.78. The zero-order valence-corrected chi connectivity index (χ0v) is 9.51. The van der Waals surface area contributed by atoms with Crippen LogP contribution in [-0.2, 0) is 4.79 Å². The summed E-state index contributed by atoms with van der Waals surface area (Å²) in [6.45, 7) is 0. The monoisotopic (exact) mass is 245 g/mol. The van der Waals surface area contributed by atoms with Gasteiger partial charge in [0.05, 0.1) is 18.1 Å². The van der Waals surface area contributed by atoms with Gasteiger partial charge in [0.2, 0.25) is 5.91 Å². The molecule has 92 valence electrons. The Balaban J connectivity index is 2.09. The van der Waals surface area contributed by atoms with E-state index in [1.54, 1.807) is 24.3 Å². The molecule has 0 bridgehead atoms. The first kappa shape index (κ1) is 12.2. The van der Waals surface area contributed by atoms with Crippen molar-refractivity contribution < 1.29 is 9.18 Å². The number of hydrogen-bond donors (Lipinski definition) is 2. The molecule has 0 fully saturated rings. The summed E-state index contributed by atoms with van der Waals surface area (Å²) in [4.78, 5) is 15.5. The molecule has 1 aromatic carbocycles. The fraction of sp³-hybridized carbons (Fsp3) is 0.0769. The van der Waals surface area contributed by atoms with Crippen LogP contribution < -0.4 is 11.1 Å². The van der Waals surface area contributed by atoms with Crippen LogP contribution in [0.15, 0.2) is 48.8 Å². The molecule has 0 radical (unpaired) electrons. The number of carbonyl (C=O) groups excluding carboxylic acids is 1. The number of anilines is 1. The maximum atomic E-state index is 12.9. The summed E-state index contributed by atoms with van der Waals surface area (Å²) in [7, 11) is 0. The summed E-state index contributed by atoms with van der Waals surface area (Å²) in [6.07, 6.45) is 2.42. The Labute approximate surface area is 104 Å². The summed E-state index contributed by atoms with van der Waals surface area (Å²) in [5.74, 6) is -0.922. The predicted molar refractivity (Wildman–Crippen MR) is 66.2 cm³/mol. The summed E-state index contributed by atoms with van der Waals surface area (Å²) in [5, 5.41) is 2.51. The number of pyridine rings is 1. The first-order valence-corrected chi connectivity index (χ1v) is 5.39. The lowest BCUT2D eigenvalue weighted by molar-refractivity contribution is -0.117. The van der Waals surface area contributed by atoms with Gasteiger partial charge in [-0.1, -0.05) is 30.3 Å². The minimum atomic E-state index is -0.797. The molecular weight excluding hydrogens is 233 g/mol. The molecule has 1 aromatic heterocycles. The fourth-order valence-corrected chi connectivity index (χ4v) is 1.51. The highest BCUT2D eigenvalue weighted by Crippen LogP contribution is 2.13. The van der Waals surface area contributed by atoms with Gasteiger partial charge in [-0.25, -0.2) is 4.39 Å². The minimum absolute atomic E-state index is 0.284. The van der Waals surface area contributed by atoms with Crippen molar-refractivity contribution in [1.82, 2.24) is 4.98 Å². The number of nitrogens with one attached hydrogen (secondary N) is 1. The molecule has 0 aliphatic carbocycles. The third-order valence-corrected chi connectivity index (χ3v) is 2.41. The molecule has 1 atom stereocenters. The van der Waals surface area contributed by atoms with Crippen molar-refractivity contribution in [2.75, 3.05) is 5.32 Å². The lowest BCUT2D eigenvalue weighted by atomic mass is 10.1. The van der Waals surface area contributed by atoms with Gasteiger partial charge in [-0.05, 0) is 5.56 Å². The van der Waals surface area contributed by atoms with E-state index in [0.717, 1.165) is 6.20 Å². The van der Waals surface area contributed by atoms with E-state index in [9.17, 15) is 9.18 Å². The number of hydrogen-bond acceptors (Lipinski definition) is 3. The van der Waals surface area contributed by atoms with E-state index in [-0.39, 0.29) is 5.69 Å². The van der Waals surface area contributed by atoms with Crippen LogP contribution in [0.1, 0.15) is 11.6 Å². The highest BCUT2D eigenvalue weighted by molar-refractivity contribution is 5.95. The van der Waals surface area contributed by atoms with Gasteiger partial charge in [0.25, 0.3) is 0 Å². The van der Waals surface area contributed by atoms with Crippen molar-refractivity contribution in [3.63, 3.8) is 0 Å². The second-order valence-electron chi connectivity index (χ2n) is 3.77. The molecule has 0 saturated carbocycles. The molecule has 1 heterocycles. The predicted octanol–water partition coefficient (Wildman–Crippen LogP) is 1.86. The third kappa shape index (κ3) is 2.89. The Kier molecular flexibility index (Phi) is 3.64. The molecule has 0 spiro atoms. The number of nitrogens with zero attached hydrogens (tertiary/aromatic N) is 1. The molecule has 4 nitrogen and oxygen atoms in total. The molecule has 3 N–H and O–H groups in total. The quantitative estimate of drug-likeness (QED) is 0.867. The van der Waals surface area contributed by atoms with Gasteiger partial charge in [-0.15, -0.1) is 0 Å². The molecule has 1 amide bonds. The van der Waals surface area contributed by atoms with Crippen LogP contribution in [0.5, 0.6) is 0 Å². The van der Waals surface area contributed by atoms with Gasteiger partial charge in [-0.3, -0.25) is 9.78 Å². The molecule has 2 rings (SSSR count). The van der Waals surface area contributed by atoms with Crippen LogP contribution in [0.2, 0.25) is 0 Å². The van der Waals surface area contributed by atoms with E-state index < -0.39 is 17.8 Å². The molecule has 0 saturated heterocycles. The van der Waals surface area contributed by atoms with Crippen LogP contribution in [0.4, 0.5) is 10.1 Å². The van der Waals surface area contributed by atoms with E-state index in [4.69, 9.17) is 5.73 Å². The van der Waals surface area contributed by atoms with Crippen molar-refractivity contribution in [3.8, 4) is 0 Å². The van der Waals surface area contributed by atoms with E-state index in [0.29, 0.717) is 5.56 Å². The van der Waals surface area contributed by atoms with Crippen molar-refractivity contribution >= 4 is 11.6 Å². The van der Waals surface area contributed by atoms with Crippen molar-refractivity contribution in [1.29, 1.82) is 0 Å². The van der Waals surface area contributed by atoms with Crippen LogP contribution in [0, 0.1) is 5.82 Å². The number of nitrogens with two attached hydrogens (primary N) is 1.